The lowest BCUT2D eigenvalue weighted by atomic mass is 9.93. The van der Waals surface area contributed by atoms with Gasteiger partial charge in [-0.25, -0.2) is 4.98 Å². The van der Waals surface area contributed by atoms with E-state index in [-0.39, 0.29) is 0 Å². The fourth-order valence-electron chi connectivity index (χ4n) is 3.42. The molecule has 1 atom stereocenters. The molecule has 0 spiro atoms. The van der Waals surface area contributed by atoms with Gasteiger partial charge in [0.25, 0.3) is 0 Å². The molecule has 1 aromatic heterocycles. The highest BCUT2D eigenvalue weighted by Crippen LogP contribution is 2.28. The number of halogens is 2. The molecule has 2 aromatic carbocycles. The molecule has 4 nitrogen and oxygen atoms in total. The first-order valence-electron chi connectivity index (χ1n) is 8.26. The maximum absolute atomic E-state index is 6.40. The smallest absolute Gasteiger partial charge is 0.137 e. The summed E-state index contributed by atoms with van der Waals surface area (Å²) in [7, 11) is 0. The molecular weight excluding hydrogens is 355 g/mol. The molecule has 6 heteroatoms. The van der Waals surface area contributed by atoms with Crippen LogP contribution in [0.1, 0.15) is 16.7 Å². The van der Waals surface area contributed by atoms with Gasteiger partial charge < -0.3 is 0 Å². The largest absolute Gasteiger partial charge is 0.290 e. The third-order valence-corrected chi connectivity index (χ3v) is 5.30. The van der Waals surface area contributed by atoms with E-state index < -0.39 is 0 Å². The number of benzene rings is 2. The summed E-state index contributed by atoms with van der Waals surface area (Å²) >= 11 is 12.4. The van der Waals surface area contributed by atoms with E-state index in [0.29, 0.717) is 16.1 Å². The van der Waals surface area contributed by atoms with Gasteiger partial charge in [0.1, 0.15) is 12.7 Å². The van der Waals surface area contributed by atoms with Crippen LogP contribution in [0.15, 0.2) is 55.1 Å². The van der Waals surface area contributed by atoms with Crippen LogP contribution in [-0.4, -0.2) is 25.7 Å². The van der Waals surface area contributed by atoms with E-state index in [0.717, 1.165) is 31.6 Å². The van der Waals surface area contributed by atoms with Gasteiger partial charge in [-0.1, -0.05) is 53.5 Å². The molecule has 128 valence electrons. The molecule has 3 aromatic rings. The third kappa shape index (κ3) is 3.71. The zero-order valence-corrected chi connectivity index (χ0v) is 15.2. The van der Waals surface area contributed by atoms with E-state index in [4.69, 9.17) is 23.2 Å². The molecule has 0 radical (unpaired) electrons. The predicted molar refractivity (Wildman–Crippen MR) is 99.7 cm³/mol. The van der Waals surface area contributed by atoms with Gasteiger partial charge in [-0.15, -0.1) is 0 Å². The second kappa shape index (κ2) is 7.16. The lowest BCUT2D eigenvalue weighted by Crippen LogP contribution is -2.42. The van der Waals surface area contributed by atoms with Crippen molar-refractivity contribution >= 4 is 23.2 Å². The van der Waals surface area contributed by atoms with Gasteiger partial charge in [0, 0.05) is 29.2 Å². The standard InChI is InChI=1S/C19H18Cl2N4/c20-17-6-5-16(19(21)8-17)10-24-9-15-4-2-1-3-14(15)7-18(24)11-25-13-22-12-23-25/h1-6,8,12-13,18H,7,9-11H2/t18-/m0/s1. The predicted octanol–water partition coefficient (Wildman–Crippen LogP) is 4.21. The first kappa shape index (κ1) is 16.6. The van der Waals surface area contributed by atoms with Crippen molar-refractivity contribution < 1.29 is 0 Å². The van der Waals surface area contributed by atoms with Crippen molar-refractivity contribution in [2.45, 2.75) is 32.1 Å². The van der Waals surface area contributed by atoms with Crippen LogP contribution in [0.2, 0.25) is 10.0 Å². The van der Waals surface area contributed by atoms with E-state index in [9.17, 15) is 0 Å². The summed E-state index contributed by atoms with van der Waals surface area (Å²) in [5.41, 5.74) is 3.88. The SMILES string of the molecule is Clc1ccc(CN2Cc3ccccc3C[C@H]2Cn2cncn2)c(Cl)c1. The summed E-state index contributed by atoms with van der Waals surface area (Å²) in [6, 6.07) is 14.7. The van der Waals surface area contributed by atoms with Crippen molar-refractivity contribution in [1.29, 1.82) is 0 Å². The average molecular weight is 373 g/mol. The van der Waals surface area contributed by atoms with Gasteiger partial charge in [-0.3, -0.25) is 9.58 Å². The molecule has 0 amide bonds. The van der Waals surface area contributed by atoms with Gasteiger partial charge in [0.15, 0.2) is 0 Å². The zero-order chi connectivity index (χ0) is 17.2. The number of hydrogen-bond donors (Lipinski definition) is 0. The molecule has 1 aliphatic rings. The molecule has 0 fully saturated rings. The summed E-state index contributed by atoms with van der Waals surface area (Å²) in [6.45, 7) is 2.48. The summed E-state index contributed by atoms with van der Waals surface area (Å²) in [5.74, 6) is 0. The minimum Gasteiger partial charge on any atom is -0.290 e. The number of rotatable bonds is 4. The molecular formula is C19H18Cl2N4. The van der Waals surface area contributed by atoms with E-state index in [2.05, 4.69) is 39.2 Å². The first-order chi connectivity index (χ1) is 12.2. The monoisotopic (exact) mass is 372 g/mol. The molecule has 1 aliphatic heterocycles. The minimum absolute atomic E-state index is 0.336. The quantitative estimate of drug-likeness (QED) is 0.687. The van der Waals surface area contributed by atoms with Crippen LogP contribution < -0.4 is 0 Å². The van der Waals surface area contributed by atoms with Crippen molar-refractivity contribution in [3.63, 3.8) is 0 Å². The fraction of sp³-hybridized carbons (Fsp3) is 0.263. The Morgan fingerprint density at radius 3 is 2.68 bits per heavy atom. The van der Waals surface area contributed by atoms with Crippen LogP contribution in [0, 0.1) is 0 Å². The second-order valence-electron chi connectivity index (χ2n) is 6.38. The van der Waals surface area contributed by atoms with Crippen molar-refractivity contribution in [2.24, 2.45) is 0 Å². The maximum atomic E-state index is 6.40. The van der Waals surface area contributed by atoms with Crippen molar-refractivity contribution in [3.8, 4) is 0 Å². The van der Waals surface area contributed by atoms with Crippen molar-refractivity contribution in [2.75, 3.05) is 0 Å². The Bertz CT molecular complexity index is 864. The van der Waals surface area contributed by atoms with Gasteiger partial charge >= 0.3 is 0 Å². The van der Waals surface area contributed by atoms with Crippen LogP contribution >= 0.6 is 23.2 Å². The molecule has 0 aliphatic carbocycles. The Kier molecular flexibility index (Phi) is 4.75. The second-order valence-corrected chi connectivity index (χ2v) is 7.23. The average Bonchev–Trinajstić information content (AvgIpc) is 3.11. The summed E-state index contributed by atoms with van der Waals surface area (Å²) < 4.78 is 1.90. The molecule has 0 saturated carbocycles. The van der Waals surface area contributed by atoms with Crippen LogP contribution in [0.4, 0.5) is 0 Å². The van der Waals surface area contributed by atoms with Crippen molar-refractivity contribution in [1.82, 2.24) is 19.7 Å². The van der Waals surface area contributed by atoms with E-state index in [1.165, 1.54) is 11.1 Å². The molecule has 25 heavy (non-hydrogen) atoms. The Hall–Kier alpha value is -1.88. The van der Waals surface area contributed by atoms with E-state index in [1.54, 1.807) is 12.7 Å². The van der Waals surface area contributed by atoms with Crippen LogP contribution in [0.5, 0.6) is 0 Å². The lowest BCUT2D eigenvalue weighted by molar-refractivity contribution is 0.142. The summed E-state index contributed by atoms with van der Waals surface area (Å²) in [5, 5.41) is 5.65. The van der Waals surface area contributed by atoms with E-state index >= 15 is 0 Å². The number of hydrogen-bond acceptors (Lipinski definition) is 3. The van der Waals surface area contributed by atoms with Gasteiger partial charge in [-0.2, -0.15) is 5.10 Å². The van der Waals surface area contributed by atoms with Gasteiger partial charge in [0.2, 0.25) is 0 Å². The van der Waals surface area contributed by atoms with E-state index in [1.807, 2.05) is 22.9 Å². The molecule has 0 bridgehead atoms. The normalized spacial score (nSPS) is 17.4. The van der Waals surface area contributed by atoms with Gasteiger partial charge in [-0.05, 0) is 35.2 Å². The number of fused-ring (bicyclic) bond motifs is 1. The Labute approximate surface area is 157 Å². The molecule has 0 saturated heterocycles. The van der Waals surface area contributed by atoms with Crippen LogP contribution in [0.3, 0.4) is 0 Å². The highest BCUT2D eigenvalue weighted by Gasteiger charge is 2.27. The molecule has 2 heterocycles. The maximum Gasteiger partial charge on any atom is 0.137 e. The van der Waals surface area contributed by atoms with Crippen LogP contribution in [0.25, 0.3) is 0 Å². The first-order valence-corrected chi connectivity index (χ1v) is 9.02. The Morgan fingerprint density at radius 1 is 1.08 bits per heavy atom. The van der Waals surface area contributed by atoms with Crippen LogP contribution in [-0.2, 0) is 26.1 Å². The molecule has 4 rings (SSSR count). The fourth-order valence-corrected chi connectivity index (χ4v) is 3.89. The third-order valence-electron chi connectivity index (χ3n) is 4.72. The van der Waals surface area contributed by atoms with Crippen molar-refractivity contribution in [3.05, 3.63) is 81.9 Å². The minimum atomic E-state index is 0.336. The highest BCUT2D eigenvalue weighted by atomic mass is 35.5. The highest BCUT2D eigenvalue weighted by molar-refractivity contribution is 6.35. The number of nitrogens with zero attached hydrogens (tertiary/aromatic N) is 4. The topological polar surface area (TPSA) is 34.0 Å². The summed E-state index contributed by atoms with van der Waals surface area (Å²) in [6.07, 6.45) is 4.34. The molecule has 0 N–H and O–H groups in total. The Balaban J connectivity index is 1.62. The number of aromatic nitrogens is 3. The Morgan fingerprint density at radius 2 is 1.92 bits per heavy atom. The lowest BCUT2D eigenvalue weighted by Gasteiger charge is -2.37. The van der Waals surface area contributed by atoms with Gasteiger partial charge in [0.05, 0.1) is 6.54 Å². The summed E-state index contributed by atoms with van der Waals surface area (Å²) in [4.78, 5) is 6.52. The molecule has 0 unspecified atom stereocenters. The zero-order valence-electron chi connectivity index (χ0n) is 13.6.